The first-order valence-corrected chi connectivity index (χ1v) is 6.93. The van der Waals surface area contributed by atoms with Crippen LogP contribution >= 0.6 is 34.2 Å². The van der Waals surface area contributed by atoms with Crippen LogP contribution in [0.4, 0.5) is 10.1 Å². The minimum atomic E-state index is -0.357. The van der Waals surface area contributed by atoms with E-state index in [0.29, 0.717) is 22.7 Å². The quantitative estimate of drug-likeness (QED) is 0.785. The Hall–Kier alpha value is -1.32. The van der Waals surface area contributed by atoms with Gasteiger partial charge in [-0.3, -0.25) is 0 Å². The molecular weight excluding hydrogens is 378 g/mol. The zero-order valence-electron chi connectivity index (χ0n) is 9.75. The van der Waals surface area contributed by atoms with Crippen molar-refractivity contribution < 1.29 is 4.39 Å². The summed E-state index contributed by atoms with van der Waals surface area (Å²) in [6, 6.07) is 11.8. The lowest BCUT2D eigenvalue weighted by Crippen LogP contribution is -2.02. The van der Waals surface area contributed by atoms with Crippen LogP contribution in [0.15, 0.2) is 36.4 Å². The van der Waals surface area contributed by atoms with E-state index in [1.54, 1.807) is 0 Å². The first-order valence-electron chi connectivity index (χ1n) is 5.47. The van der Waals surface area contributed by atoms with Crippen molar-refractivity contribution >= 4 is 39.9 Å². The summed E-state index contributed by atoms with van der Waals surface area (Å²) in [6.07, 6.45) is 0. The van der Waals surface area contributed by atoms with Gasteiger partial charge in [-0.25, -0.2) is 4.39 Å². The fraction of sp³-hybridized carbons (Fsp3) is 0.0714. The van der Waals surface area contributed by atoms with E-state index in [1.165, 1.54) is 18.2 Å². The van der Waals surface area contributed by atoms with Gasteiger partial charge in [-0.05, 0) is 64.6 Å². The van der Waals surface area contributed by atoms with Crippen LogP contribution in [0.25, 0.3) is 0 Å². The molecular formula is C14H9ClFIN2. The highest BCUT2D eigenvalue weighted by atomic mass is 127. The topological polar surface area (TPSA) is 35.8 Å². The maximum Gasteiger partial charge on any atom is 0.123 e. The molecule has 0 unspecified atom stereocenters. The van der Waals surface area contributed by atoms with Crippen molar-refractivity contribution in [2.75, 3.05) is 5.32 Å². The van der Waals surface area contributed by atoms with E-state index in [-0.39, 0.29) is 5.82 Å². The molecule has 19 heavy (non-hydrogen) atoms. The number of nitrogens with zero attached hydrogens (tertiary/aromatic N) is 1. The summed E-state index contributed by atoms with van der Waals surface area (Å²) in [5.74, 6) is -0.357. The second-order valence-corrected chi connectivity index (χ2v) is 5.54. The summed E-state index contributed by atoms with van der Waals surface area (Å²) in [4.78, 5) is 0. The van der Waals surface area contributed by atoms with Gasteiger partial charge in [0.05, 0.1) is 22.3 Å². The Bertz CT molecular complexity index is 652. The van der Waals surface area contributed by atoms with Crippen LogP contribution in [0.1, 0.15) is 11.1 Å². The highest BCUT2D eigenvalue weighted by Gasteiger charge is 2.05. The molecule has 0 atom stereocenters. The second-order valence-electron chi connectivity index (χ2n) is 3.89. The molecule has 0 saturated carbocycles. The molecule has 0 radical (unpaired) electrons. The average Bonchev–Trinajstić information content (AvgIpc) is 2.38. The number of rotatable bonds is 3. The van der Waals surface area contributed by atoms with Gasteiger partial charge in [-0.15, -0.1) is 0 Å². The van der Waals surface area contributed by atoms with Crippen molar-refractivity contribution in [2.24, 2.45) is 0 Å². The Morgan fingerprint density at radius 3 is 2.74 bits per heavy atom. The van der Waals surface area contributed by atoms with Gasteiger partial charge in [0.2, 0.25) is 0 Å². The van der Waals surface area contributed by atoms with Gasteiger partial charge in [-0.1, -0.05) is 11.6 Å². The Morgan fingerprint density at radius 2 is 2.05 bits per heavy atom. The molecule has 2 aromatic carbocycles. The second kappa shape index (κ2) is 6.22. The van der Waals surface area contributed by atoms with Crippen LogP contribution in [0.2, 0.25) is 5.02 Å². The Kier molecular flexibility index (Phi) is 4.61. The highest BCUT2D eigenvalue weighted by molar-refractivity contribution is 14.1. The lowest BCUT2D eigenvalue weighted by Gasteiger charge is -2.10. The Morgan fingerprint density at radius 1 is 1.26 bits per heavy atom. The Labute approximate surface area is 129 Å². The van der Waals surface area contributed by atoms with Gasteiger partial charge in [0.25, 0.3) is 0 Å². The third kappa shape index (κ3) is 3.58. The maximum atomic E-state index is 13.2. The number of benzene rings is 2. The predicted octanol–water partition coefficient (Wildman–Crippen LogP) is 4.57. The number of halogens is 3. The molecule has 2 rings (SSSR count). The van der Waals surface area contributed by atoms with E-state index in [1.807, 2.05) is 24.3 Å². The third-order valence-electron chi connectivity index (χ3n) is 2.59. The standard InChI is InChI=1S/C14H9ClFIN2/c15-13-6-12(17)3-4-14(13)19-8-10-5-11(16)2-1-9(10)7-18/h1-6,19H,8H2. The van der Waals surface area contributed by atoms with E-state index >= 15 is 0 Å². The van der Waals surface area contributed by atoms with Crippen LogP contribution in [-0.4, -0.2) is 0 Å². The summed E-state index contributed by atoms with van der Waals surface area (Å²) in [5, 5.41) is 12.7. The molecule has 0 bridgehead atoms. The van der Waals surface area contributed by atoms with Gasteiger partial charge in [0.1, 0.15) is 5.82 Å². The molecule has 96 valence electrons. The number of nitriles is 1. The highest BCUT2D eigenvalue weighted by Crippen LogP contribution is 2.24. The number of hydrogen-bond acceptors (Lipinski definition) is 2. The molecule has 5 heteroatoms. The predicted molar refractivity (Wildman–Crippen MR) is 82.6 cm³/mol. The van der Waals surface area contributed by atoms with Crippen LogP contribution in [-0.2, 0) is 6.54 Å². The molecule has 0 saturated heterocycles. The minimum Gasteiger partial charge on any atom is -0.380 e. The van der Waals surface area contributed by atoms with Crippen LogP contribution in [0.5, 0.6) is 0 Å². The number of hydrogen-bond donors (Lipinski definition) is 1. The van der Waals surface area contributed by atoms with E-state index < -0.39 is 0 Å². The molecule has 2 nitrogen and oxygen atoms in total. The lowest BCUT2D eigenvalue weighted by molar-refractivity contribution is 0.625. The average molecular weight is 387 g/mol. The molecule has 1 N–H and O–H groups in total. The zero-order valence-corrected chi connectivity index (χ0v) is 12.7. The normalized spacial score (nSPS) is 10.0. The summed E-state index contributed by atoms with van der Waals surface area (Å²) < 4.78 is 14.2. The van der Waals surface area contributed by atoms with Gasteiger partial charge in [0.15, 0.2) is 0 Å². The molecule has 2 aromatic rings. The van der Waals surface area contributed by atoms with Gasteiger partial charge >= 0.3 is 0 Å². The van der Waals surface area contributed by atoms with Crippen molar-refractivity contribution in [3.8, 4) is 6.07 Å². The van der Waals surface area contributed by atoms with E-state index in [4.69, 9.17) is 16.9 Å². The van der Waals surface area contributed by atoms with Gasteiger partial charge in [0, 0.05) is 10.1 Å². The zero-order chi connectivity index (χ0) is 13.8. The van der Waals surface area contributed by atoms with Crippen molar-refractivity contribution in [2.45, 2.75) is 6.54 Å². The van der Waals surface area contributed by atoms with E-state index in [2.05, 4.69) is 27.9 Å². The van der Waals surface area contributed by atoms with Crippen LogP contribution < -0.4 is 5.32 Å². The molecule has 0 spiro atoms. The number of nitrogens with one attached hydrogen (secondary N) is 1. The first kappa shape index (κ1) is 14.1. The van der Waals surface area contributed by atoms with E-state index in [9.17, 15) is 4.39 Å². The summed E-state index contributed by atoms with van der Waals surface area (Å²) in [6.45, 7) is 0.348. The molecule has 0 fully saturated rings. The van der Waals surface area contributed by atoms with Gasteiger partial charge < -0.3 is 5.32 Å². The van der Waals surface area contributed by atoms with Crippen molar-refractivity contribution in [1.29, 1.82) is 5.26 Å². The Balaban J connectivity index is 2.19. The molecule has 0 aliphatic carbocycles. The summed E-state index contributed by atoms with van der Waals surface area (Å²) in [5.41, 5.74) is 1.82. The van der Waals surface area contributed by atoms with Crippen LogP contribution in [0.3, 0.4) is 0 Å². The van der Waals surface area contributed by atoms with Crippen molar-refractivity contribution in [3.05, 3.63) is 61.9 Å². The molecule has 0 aliphatic heterocycles. The lowest BCUT2D eigenvalue weighted by atomic mass is 10.1. The maximum absolute atomic E-state index is 13.2. The fourth-order valence-corrected chi connectivity index (χ4v) is 2.56. The molecule has 0 heterocycles. The minimum absolute atomic E-state index is 0.348. The van der Waals surface area contributed by atoms with Crippen LogP contribution in [0, 0.1) is 20.7 Å². The SMILES string of the molecule is N#Cc1ccc(F)cc1CNc1ccc(I)cc1Cl. The van der Waals surface area contributed by atoms with E-state index in [0.717, 1.165) is 9.26 Å². The smallest absolute Gasteiger partial charge is 0.123 e. The first-order chi connectivity index (χ1) is 9.10. The summed E-state index contributed by atoms with van der Waals surface area (Å²) in [7, 11) is 0. The van der Waals surface area contributed by atoms with Crippen molar-refractivity contribution in [3.63, 3.8) is 0 Å². The molecule has 0 aromatic heterocycles. The summed E-state index contributed by atoms with van der Waals surface area (Å²) >= 11 is 8.27. The fourth-order valence-electron chi connectivity index (χ4n) is 1.64. The molecule has 0 amide bonds. The third-order valence-corrected chi connectivity index (χ3v) is 3.57. The molecule has 0 aliphatic rings. The van der Waals surface area contributed by atoms with Gasteiger partial charge in [-0.2, -0.15) is 5.26 Å². The number of anilines is 1. The largest absolute Gasteiger partial charge is 0.380 e. The monoisotopic (exact) mass is 386 g/mol. The van der Waals surface area contributed by atoms with Crippen molar-refractivity contribution in [1.82, 2.24) is 0 Å².